The first kappa shape index (κ1) is 18.4. The Morgan fingerprint density at radius 3 is 2.26 bits per heavy atom. The summed E-state index contributed by atoms with van der Waals surface area (Å²) in [4.78, 5) is 12.1. The smallest absolute Gasteiger partial charge is 0.311 e. The first-order valence-electron chi connectivity index (χ1n) is 7.81. The zero-order valence-electron chi connectivity index (χ0n) is 13.4. The van der Waals surface area contributed by atoms with E-state index in [0.717, 1.165) is 12.8 Å². The van der Waals surface area contributed by atoms with E-state index in [1.54, 1.807) is 0 Å². The van der Waals surface area contributed by atoms with Crippen LogP contribution in [-0.2, 0) is 14.3 Å². The van der Waals surface area contributed by atoms with Gasteiger partial charge >= 0.3 is 5.97 Å². The van der Waals surface area contributed by atoms with Gasteiger partial charge in [0.05, 0.1) is 19.1 Å². The minimum atomic E-state index is -0.136. The fraction of sp³-hybridized carbons (Fsp3) is 0.938. The number of ether oxygens (including phenoxy) is 2. The largest absolute Gasteiger partial charge is 0.465 e. The highest BCUT2D eigenvalue weighted by Gasteiger charge is 2.24. The maximum atomic E-state index is 12.1. The van der Waals surface area contributed by atoms with Gasteiger partial charge in [-0.25, -0.2) is 0 Å². The van der Waals surface area contributed by atoms with Gasteiger partial charge in [-0.15, -0.1) is 0 Å². The lowest BCUT2D eigenvalue weighted by atomic mass is 9.96. The molecule has 0 spiro atoms. The fourth-order valence-corrected chi connectivity index (χ4v) is 1.98. The molecule has 0 N–H and O–H groups in total. The molecule has 0 aromatic carbocycles. The van der Waals surface area contributed by atoms with Crippen molar-refractivity contribution in [3.8, 4) is 0 Å². The van der Waals surface area contributed by atoms with Crippen LogP contribution in [0.1, 0.15) is 60.3 Å². The first-order valence-corrected chi connectivity index (χ1v) is 7.81. The van der Waals surface area contributed by atoms with Gasteiger partial charge in [0, 0.05) is 6.61 Å². The van der Waals surface area contributed by atoms with Gasteiger partial charge in [-0.05, 0) is 25.2 Å². The maximum Gasteiger partial charge on any atom is 0.311 e. The van der Waals surface area contributed by atoms with Crippen molar-refractivity contribution in [1.82, 2.24) is 0 Å². The third kappa shape index (κ3) is 8.25. The van der Waals surface area contributed by atoms with Crippen molar-refractivity contribution in [3.63, 3.8) is 0 Å². The van der Waals surface area contributed by atoms with Gasteiger partial charge < -0.3 is 9.47 Å². The van der Waals surface area contributed by atoms with Gasteiger partial charge in [-0.2, -0.15) is 0 Å². The van der Waals surface area contributed by atoms with Crippen LogP contribution in [0.3, 0.4) is 0 Å². The molecule has 3 nitrogen and oxygen atoms in total. The van der Waals surface area contributed by atoms with Crippen molar-refractivity contribution in [1.29, 1.82) is 0 Å². The molecule has 19 heavy (non-hydrogen) atoms. The van der Waals surface area contributed by atoms with Crippen molar-refractivity contribution >= 4 is 5.97 Å². The predicted octanol–water partition coefficient (Wildman–Crippen LogP) is 4.05. The van der Waals surface area contributed by atoms with Crippen LogP contribution in [0.2, 0.25) is 0 Å². The molecule has 0 bridgehead atoms. The summed E-state index contributed by atoms with van der Waals surface area (Å²) in [6.45, 7) is 12.1. The monoisotopic (exact) mass is 272 g/mol. The standard InChI is InChI=1S/C16H32O3/c1-6-9-10-14(7-2)11-19-16(17)15(13(4)5)12-18-8-3/h13-15H,6-12H2,1-5H3. The van der Waals surface area contributed by atoms with Crippen molar-refractivity contribution in [2.75, 3.05) is 19.8 Å². The molecule has 0 fully saturated rings. The lowest BCUT2D eigenvalue weighted by Gasteiger charge is -2.21. The van der Waals surface area contributed by atoms with E-state index in [1.807, 2.05) is 20.8 Å². The summed E-state index contributed by atoms with van der Waals surface area (Å²) in [5.41, 5.74) is 0. The molecule has 0 aromatic rings. The van der Waals surface area contributed by atoms with Crippen molar-refractivity contribution in [2.24, 2.45) is 17.8 Å². The van der Waals surface area contributed by atoms with Gasteiger partial charge in [-0.1, -0.05) is 47.0 Å². The molecule has 0 saturated carbocycles. The normalized spacial score (nSPS) is 14.4. The molecule has 3 heteroatoms. The van der Waals surface area contributed by atoms with Crippen LogP contribution in [-0.4, -0.2) is 25.8 Å². The first-order chi connectivity index (χ1) is 9.06. The van der Waals surface area contributed by atoms with Gasteiger partial charge in [0.25, 0.3) is 0 Å². The average Bonchev–Trinajstić information content (AvgIpc) is 2.39. The van der Waals surface area contributed by atoms with E-state index in [-0.39, 0.29) is 17.8 Å². The molecule has 2 unspecified atom stereocenters. The van der Waals surface area contributed by atoms with Crippen molar-refractivity contribution in [3.05, 3.63) is 0 Å². The zero-order chi connectivity index (χ0) is 14.7. The molecule has 0 radical (unpaired) electrons. The number of carbonyl (C=O) groups is 1. The van der Waals surface area contributed by atoms with Crippen LogP contribution in [0.25, 0.3) is 0 Å². The molecule has 0 amide bonds. The summed E-state index contributed by atoms with van der Waals surface area (Å²) < 4.78 is 10.9. The summed E-state index contributed by atoms with van der Waals surface area (Å²) in [7, 11) is 0. The van der Waals surface area contributed by atoms with Gasteiger partial charge in [0.1, 0.15) is 0 Å². The number of unbranched alkanes of at least 4 members (excludes halogenated alkanes) is 1. The zero-order valence-corrected chi connectivity index (χ0v) is 13.4. The Labute approximate surface area is 119 Å². The number of hydrogen-bond donors (Lipinski definition) is 0. The SMILES string of the molecule is CCCCC(CC)COC(=O)C(COCC)C(C)C. The van der Waals surface area contributed by atoms with E-state index in [4.69, 9.17) is 9.47 Å². The van der Waals surface area contributed by atoms with E-state index in [0.29, 0.717) is 25.7 Å². The van der Waals surface area contributed by atoms with Gasteiger partial charge in [0.15, 0.2) is 0 Å². The third-order valence-electron chi connectivity index (χ3n) is 3.61. The van der Waals surface area contributed by atoms with Crippen LogP contribution in [0.5, 0.6) is 0 Å². The Balaban J connectivity index is 4.15. The Bertz CT molecular complexity index is 226. The summed E-state index contributed by atoms with van der Waals surface area (Å²) in [6.07, 6.45) is 4.63. The molecule has 114 valence electrons. The molecule has 0 heterocycles. The lowest BCUT2D eigenvalue weighted by molar-refractivity contribution is -0.154. The van der Waals surface area contributed by atoms with Crippen molar-refractivity contribution in [2.45, 2.75) is 60.3 Å². The highest BCUT2D eigenvalue weighted by Crippen LogP contribution is 2.17. The minimum Gasteiger partial charge on any atom is -0.465 e. The molecule has 0 saturated heterocycles. The third-order valence-corrected chi connectivity index (χ3v) is 3.61. The van der Waals surface area contributed by atoms with Crippen LogP contribution < -0.4 is 0 Å². The molecule has 0 aromatic heterocycles. The second kappa shape index (κ2) is 11.3. The Morgan fingerprint density at radius 1 is 1.11 bits per heavy atom. The Morgan fingerprint density at radius 2 is 1.79 bits per heavy atom. The van der Waals surface area contributed by atoms with E-state index in [9.17, 15) is 4.79 Å². The highest BCUT2D eigenvalue weighted by atomic mass is 16.5. The molecule has 0 aliphatic heterocycles. The van der Waals surface area contributed by atoms with E-state index >= 15 is 0 Å². The van der Waals surface area contributed by atoms with Gasteiger partial charge in [0.2, 0.25) is 0 Å². The quantitative estimate of drug-likeness (QED) is 0.532. The maximum absolute atomic E-state index is 12.1. The number of hydrogen-bond acceptors (Lipinski definition) is 3. The van der Waals surface area contributed by atoms with Gasteiger partial charge in [-0.3, -0.25) is 4.79 Å². The summed E-state index contributed by atoms with van der Waals surface area (Å²) in [5.74, 6) is 0.528. The predicted molar refractivity (Wildman–Crippen MR) is 79.1 cm³/mol. The van der Waals surface area contributed by atoms with Crippen LogP contribution >= 0.6 is 0 Å². The second-order valence-electron chi connectivity index (χ2n) is 5.56. The van der Waals surface area contributed by atoms with E-state index < -0.39 is 0 Å². The highest BCUT2D eigenvalue weighted by molar-refractivity contribution is 5.72. The van der Waals surface area contributed by atoms with E-state index in [2.05, 4.69) is 13.8 Å². The van der Waals surface area contributed by atoms with Crippen LogP contribution in [0.4, 0.5) is 0 Å². The average molecular weight is 272 g/mol. The van der Waals surface area contributed by atoms with Crippen LogP contribution in [0.15, 0.2) is 0 Å². The fourth-order valence-electron chi connectivity index (χ4n) is 1.98. The summed E-state index contributed by atoms with van der Waals surface area (Å²) in [6, 6.07) is 0. The lowest BCUT2D eigenvalue weighted by Crippen LogP contribution is -2.29. The topological polar surface area (TPSA) is 35.5 Å². The summed E-state index contributed by atoms with van der Waals surface area (Å²) in [5, 5.41) is 0. The molecule has 2 atom stereocenters. The molecule has 0 aliphatic rings. The van der Waals surface area contributed by atoms with Crippen molar-refractivity contribution < 1.29 is 14.3 Å². The molecule has 0 rings (SSSR count). The minimum absolute atomic E-state index is 0.0987. The number of carbonyl (C=O) groups excluding carboxylic acids is 1. The number of esters is 1. The molecule has 0 aliphatic carbocycles. The summed E-state index contributed by atoms with van der Waals surface area (Å²) >= 11 is 0. The van der Waals surface area contributed by atoms with Crippen LogP contribution in [0, 0.1) is 17.8 Å². The number of rotatable bonds is 11. The molecular formula is C16H32O3. The molecular weight excluding hydrogens is 240 g/mol. The van der Waals surface area contributed by atoms with E-state index in [1.165, 1.54) is 12.8 Å². The second-order valence-corrected chi connectivity index (χ2v) is 5.56. The Kier molecular flexibility index (Phi) is 10.9. The Hall–Kier alpha value is -0.570.